The number of nitrogens with zero attached hydrogens (tertiary/aromatic N) is 2. The number of halogens is 1. The lowest BCUT2D eigenvalue weighted by Gasteiger charge is -2.39. The number of hydrogen-bond acceptors (Lipinski definition) is 4. The van der Waals surface area contributed by atoms with E-state index in [1.165, 1.54) is 0 Å². The fourth-order valence-electron chi connectivity index (χ4n) is 3.69. The molecule has 0 saturated heterocycles. The van der Waals surface area contributed by atoms with Crippen molar-refractivity contribution in [3.05, 3.63) is 63.8 Å². The summed E-state index contributed by atoms with van der Waals surface area (Å²) in [4.78, 5) is 16.7. The number of ether oxygens (including phenoxy) is 2. The summed E-state index contributed by atoms with van der Waals surface area (Å²) >= 11 is 9.35. The lowest BCUT2D eigenvalue weighted by atomic mass is 9.93. The Labute approximate surface area is 189 Å². The zero-order chi connectivity index (χ0) is 21.4. The van der Waals surface area contributed by atoms with Gasteiger partial charge in [-0.05, 0) is 42.9 Å². The van der Waals surface area contributed by atoms with Gasteiger partial charge in [-0.3, -0.25) is 9.69 Å². The molecule has 0 saturated carbocycles. The summed E-state index contributed by atoms with van der Waals surface area (Å²) in [5, 5.41) is 3.88. The Balaban J connectivity index is 1.84. The number of allylic oxidation sites excluding steroid dienone is 1. The van der Waals surface area contributed by atoms with Crippen molar-refractivity contribution >= 4 is 44.9 Å². The van der Waals surface area contributed by atoms with Gasteiger partial charge >= 0.3 is 0 Å². The lowest BCUT2D eigenvalue weighted by molar-refractivity contribution is -0.125. The third-order valence-corrected chi connectivity index (χ3v) is 6.14. The number of benzene rings is 2. The van der Waals surface area contributed by atoms with Gasteiger partial charge in [-0.25, -0.2) is 0 Å². The van der Waals surface area contributed by atoms with Crippen molar-refractivity contribution < 1.29 is 14.3 Å². The topological polar surface area (TPSA) is 54.0 Å². The van der Waals surface area contributed by atoms with Crippen molar-refractivity contribution in [1.82, 2.24) is 10.2 Å². The highest BCUT2D eigenvalue weighted by atomic mass is 79.9. The quantitative estimate of drug-likeness (QED) is 0.659. The molecule has 2 aromatic carbocycles. The van der Waals surface area contributed by atoms with Gasteiger partial charge in [-0.15, -0.1) is 0 Å². The number of hydrogen-bond donors (Lipinski definition) is 1. The predicted molar refractivity (Wildman–Crippen MR) is 124 cm³/mol. The second kappa shape index (κ2) is 8.28. The van der Waals surface area contributed by atoms with Crippen LogP contribution in [0.2, 0.25) is 0 Å². The first-order valence-corrected chi connectivity index (χ1v) is 10.8. The van der Waals surface area contributed by atoms with Crippen molar-refractivity contribution in [2.24, 2.45) is 0 Å². The molecule has 0 radical (unpaired) electrons. The summed E-state index contributed by atoms with van der Waals surface area (Å²) in [5.74, 6) is 1.30. The first-order valence-electron chi connectivity index (χ1n) is 9.55. The van der Waals surface area contributed by atoms with Crippen molar-refractivity contribution in [3.8, 4) is 11.5 Å². The van der Waals surface area contributed by atoms with Crippen molar-refractivity contribution in [2.45, 2.75) is 13.0 Å². The molecule has 0 spiro atoms. The number of nitrogens with one attached hydrogen (secondary N) is 1. The van der Waals surface area contributed by atoms with Gasteiger partial charge in [-0.2, -0.15) is 0 Å². The minimum atomic E-state index is -0.364. The highest BCUT2D eigenvalue weighted by Crippen LogP contribution is 2.40. The third-order valence-electron chi connectivity index (χ3n) is 5.12. The molecule has 1 unspecified atom stereocenters. The molecular weight excluding hydrogens is 466 g/mol. The Morgan fingerprint density at radius 3 is 2.57 bits per heavy atom. The fourth-order valence-corrected chi connectivity index (χ4v) is 4.56. The van der Waals surface area contributed by atoms with Gasteiger partial charge in [0.05, 0.1) is 17.3 Å². The monoisotopic (exact) mass is 487 g/mol. The molecule has 0 bridgehead atoms. The highest BCUT2D eigenvalue weighted by molar-refractivity contribution is 9.10. The Kier molecular flexibility index (Phi) is 5.71. The van der Waals surface area contributed by atoms with E-state index in [1.807, 2.05) is 54.3 Å². The first-order chi connectivity index (χ1) is 14.4. The molecule has 30 heavy (non-hydrogen) atoms. The van der Waals surface area contributed by atoms with Gasteiger partial charge in [0.1, 0.15) is 13.2 Å². The molecule has 0 aliphatic carbocycles. The van der Waals surface area contributed by atoms with Crippen LogP contribution in [0.3, 0.4) is 0 Å². The van der Waals surface area contributed by atoms with Crippen LogP contribution >= 0.6 is 28.1 Å². The van der Waals surface area contributed by atoms with Crippen LogP contribution in [-0.2, 0) is 4.79 Å². The second-order valence-corrected chi connectivity index (χ2v) is 8.51. The number of anilines is 1. The van der Waals surface area contributed by atoms with Crippen LogP contribution in [0.5, 0.6) is 11.5 Å². The Hall–Kier alpha value is -2.58. The molecule has 2 aromatic rings. The summed E-state index contributed by atoms with van der Waals surface area (Å²) in [6, 6.07) is 13.2. The highest BCUT2D eigenvalue weighted by Gasteiger charge is 2.36. The van der Waals surface area contributed by atoms with E-state index in [9.17, 15) is 4.79 Å². The van der Waals surface area contributed by atoms with Crippen molar-refractivity contribution in [3.63, 3.8) is 0 Å². The summed E-state index contributed by atoms with van der Waals surface area (Å²) in [6.45, 7) is 2.96. The normalized spacial score (nSPS) is 18.2. The van der Waals surface area contributed by atoms with Crippen LogP contribution in [0.1, 0.15) is 18.5 Å². The molecule has 2 heterocycles. The van der Waals surface area contributed by atoms with Gasteiger partial charge < -0.3 is 19.7 Å². The maximum Gasteiger partial charge on any atom is 0.253 e. The van der Waals surface area contributed by atoms with Crippen LogP contribution in [0.25, 0.3) is 0 Å². The molecular formula is C22H22BrN3O3S. The van der Waals surface area contributed by atoms with E-state index in [2.05, 4.69) is 21.2 Å². The summed E-state index contributed by atoms with van der Waals surface area (Å²) in [5.41, 5.74) is 3.17. The van der Waals surface area contributed by atoms with E-state index in [-0.39, 0.29) is 11.9 Å². The molecule has 1 N–H and O–H groups in total. The van der Waals surface area contributed by atoms with Crippen molar-refractivity contribution in [1.29, 1.82) is 0 Å². The molecule has 156 valence electrons. The molecule has 6 nitrogen and oxygen atoms in total. The molecule has 4 rings (SSSR count). The zero-order valence-corrected chi connectivity index (χ0v) is 19.3. The van der Waals surface area contributed by atoms with E-state index < -0.39 is 0 Å². The number of amides is 1. The average Bonchev–Trinajstić information content (AvgIpc) is 2.73. The third kappa shape index (κ3) is 3.65. The Morgan fingerprint density at radius 1 is 1.17 bits per heavy atom. The predicted octanol–water partition coefficient (Wildman–Crippen LogP) is 4.02. The number of carbonyl (C=O) groups excluding carboxylic acids is 1. The van der Waals surface area contributed by atoms with Gasteiger partial charge in [0.25, 0.3) is 5.91 Å². The number of likely N-dealkylation sites (N-methyl/N-ethyl adjacent to an activating group) is 1. The molecule has 1 amide bonds. The summed E-state index contributed by atoms with van der Waals surface area (Å²) in [7, 11) is 3.50. The van der Waals surface area contributed by atoms with Gasteiger partial charge in [0.2, 0.25) is 0 Å². The first kappa shape index (κ1) is 20.7. The number of thiocarbonyl (C=S) groups is 1. The van der Waals surface area contributed by atoms with Crippen LogP contribution in [0.4, 0.5) is 5.69 Å². The van der Waals surface area contributed by atoms with Crippen LogP contribution < -0.4 is 19.7 Å². The Morgan fingerprint density at radius 2 is 1.87 bits per heavy atom. The summed E-state index contributed by atoms with van der Waals surface area (Å²) in [6.07, 6.45) is 0. The molecule has 2 aliphatic rings. The molecule has 8 heteroatoms. The van der Waals surface area contributed by atoms with E-state index in [0.717, 1.165) is 21.4 Å². The fraction of sp³-hybridized carbons (Fsp3) is 0.273. The number of carbonyl (C=O) groups is 1. The Bertz CT molecular complexity index is 1050. The van der Waals surface area contributed by atoms with Gasteiger partial charge in [0, 0.05) is 30.3 Å². The lowest BCUT2D eigenvalue weighted by Crippen LogP contribution is -2.49. The minimum absolute atomic E-state index is 0.0780. The molecule has 0 aromatic heterocycles. The van der Waals surface area contributed by atoms with Gasteiger partial charge in [0.15, 0.2) is 16.6 Å². The minimum Gasteiger partial charge on any atom is -0.486 e. The van der Waals surface area contributed by atoms with E-state index in [0.29, 0.717) is 35.4 Å². The number of rotatable bonds is 3. The second-order valence-electron chi connectivity index (χ2n) is 7.27. The maximum absolute atomic E-state index is 13.2. The standard InChI is InChI=1S/C22H22BrN3O3S/c1-13-19(21(27)25(2)3)20(15-6-4-5-7-16(15)23)24-22(30)26(13)14-8-9-17-18(12-14)29-11-10-28-17/h4-9,12,20H,10-11H2,1-3H3,(H,24,30). The summed E-state index contributed by atoms with van der Waals surface area (Å²) < 4.78 is 12.3. The molecule has 1 atom stereocenters. The molecule has 0 fully saturated rings. The largest absolute Gasteiger partial charge is 0.486 e. The van der Waals surface area contributed by atoms with Crippen molar-refractivity contribution in [2.75, 3.05) is 32.2 Å². The van der Waals surface area contributed by atoms with E-state index >= 15 is 0 Å². The van der Waals surface area contributed by atoms with Crippen LogP contribution in [0.15, 0.2) is 58.2 Å². The SMILES string of the molecule is CC1=C(C(=O)N(C)C)C(c2ccccc2Br)NC(=S)N1c1ccc2c(c1)OCCO2. The number of fused-ring (bicyclic) bond motifs is 1. The average molecular weight is 488 g/mol. The maximum atomic E-state index is 13.2. The zero-order valence-electron chi connectivity index (χ0n) is 16.9. The van der Waals surface area contributed by atoms with Gasteiger partial charge in [-0.1, -0.05) is 34.1 Å². The molecule has 2 aliphatic heterocycles. The van der Waals surface area contributed by atoms with Crippen LogP contribution in [0, 0.1) is 0 Å². The smallest absolute Gasteiger partial charge is 0.253 e. The van der Waals surface area contributed by atoms with E-state index in [4.69, 9.17) is 21.7 Å². The van der Waals surface area contributed by atoms with E-state index in [1.54, 1.807) is 19.0 Å². The van der Waals surface area contributed by atoms with Crippen LogP contribution in [-0.4, -0.2) is 43.2 Å².